The number of hydrogen-bond acceptors (Lipinski definition) is 4. The zero-order valence-corrected chi connectivity index (χ0v) is 8.36. The fourth-order valence-corrected chi connectivity index (χ4v) is 1.58. The molecule has 2 rings (SSSR count). The van der Waals surface area contributed by atoms with Crippen LogP contribution < -0.4 is 10.1 Å². The quantitative estimate of drug-likeness (QED) is 0.758. The Hall–Kier alpha value is -1.16. The topological polar surface area (TPSA) is 47.0 Å². The highest BCUT2D eigenvalue weighted by Gasteiger charge is 2.14. The van der Waals surface area contributed by atoms with Gasteiger partial charge in [0.25, 0.3) is 0 Å². The highest BCUT2D eigenvalue weighted by atomic mass is 16.5. The first-order valence-corrected chi connectivity index (χ1v) is 5.00. The van der Waals surface area contributed by atoms with Crippen LogP contribution in [0.25, 0.3) is 0 Å². The molecule has 1 saturated heterocycles. The minimum absolute atomic E-state index is 0.311. The molecule has 0 aromatic carbocycles. The van der Waals surface area contributed by atoms with Gasteiger partial charge in [0.1, 0.15) is 12.4 Å². The van der Waals surface area contributed by atoms with Crippen LogP contribution in [0.15, 0.2) is 12.4 Å². The number of rotatable bonds is 2. The van der Waals surface area contributed by atoms with E-state index in [0.717, 1.165) is 31.6 Å². The highest BCUT2D eigenvalue weighted by molar-refractivity contribution is 5.12. The molecule has 0 atom stereocenters. The summed E-state index contributed by atoms with van der Waals surface area (Å²) in [5.41, 5.74) is 0.948. The van der Waals surface area contributed by atoms with Crippen LogP contribution in [-0.2, 0) is 0 Å². The largest absolute Gasteiger partial charge is 0.474 e. The zero-order valence-electron chi connectivity index (χ0n) is 8.36. The van der Waals surface area contributed by atoms with Gasteiger partial charge in [-0.15, -0.1) is 0 Å². The van der Waals surface area contributed by atoms with Crippen molar-refractivity contribution in [1.82, 2.24) is 15.3 Å². The van der Waals surface area contributed by atoms with E-state index in [1.54, 1.807) is 6.33 Å². The Morgan fingerprint density at radius 2 is 2.14 bits per heavy atom. The SMILES string of the molecule is Cc1cc(OC2CCNCC2)ncn1. The van der Waals surface area contributed by atoms with Crippen LogP contribution in [0.3, 0.4) is 0 Å². The second-order valence-corrected chi connectivity index (χ2v) is 3.56. The number of aryl methyl sites for hydroxylation is 1. The summed E-state index contributed by atoms with van der Waals surface area (Å²) in [6.45, 7) is 4.01. The van der Waals surface area contributed by atoms with Crippen LogP contribution in [0.2, 0.25) is 0 Å². The summed E-state index contributed by atoms with van der Waals surface area (Å²) >= 11 is 0. The van der Waals surface area contributed by atoms with Gasteiger partial charge in [-0.05, 0) is 32.9 Å². The van der Waals surface area contributed by atoms with Crippen molar-refractivity contribution in [2.45, 2.75) is 25.9 Å². The Bertz CT molecular complexity index is 297. The Kier molecular flexibility index (Phi) is 2.93. The van der Waals surface area contributed by atoms with Crippen molar-refractivity contribution in [3.8, 4) is 5.88 Å². The maximum Gasteiger partial charge on any atom is 0.216 e. The lowest BCUT2D eigenvalue weighted by Gasteiger charge is -2.23. The molecule has 14 heavy (non-hydrogen) atoms. The maximum atomic E-state index is 5.74. The van der Waals surface area contributed by atoms with Crippen LogP contribution in [0.1, 0.15) is 18.5 Å². The summed E-state index contributed by atoms with van der Waals surface area (Å²) in [5, 5.41) is 3.30. The minimum atomic E-state index is 0.311. The third kappa shape index (κ3) is 2.42. The van der Waals surface area contributed by atoms with Crippen LogP contribution in [0.5, 0.6) is 5.88 Å². The van der Waals surface area contributed by atoms with Gasteiger partial charge in [-0.3, -0.25) is 0 Å². The molecule has 1 fully saturated rings. The second kappa shape index (κ2) is 4.37. The number of ether oxygens (including phenoxy) is 1. The summed E-state index contributed by atoms with van der Waals surface area (Å²) in [4.78, 5) is 8.11. The van der Waals surface area contributed by atoms with Gasteiger partial charge in [0.15, 0.2) is 0 Å². The Morgan fingerprint density at radius 3 is 2.86 bits per heavy atom. The third-order valence-corrected chi connectivity index (χ3v) is 2.35. The molecular formula is C10H15N3O. The molecule has 0 saturated carbocycles. The van der Waals surface area contributed by atoms with Crippen molar-refractivity contribution in [3.05, 3.63) is 18.1 Å². The van der Waals surface area contributed by atoms with Gasteiger partial charge in [0.2, 0.25) is 5.88 Å². The van der Waals surface area contributed by atoms with E-state index in [4.69, 9.17) is 4.74 Å². The average Bonchev–Trinajstić information content (AvgIpc) is 2.19. The minimum Gasteiger partial charge on any atom is -0.474 e. The zero-order chi connectivity index (χ0) is 9.80. The van der Waals surface area contributed by atoms with Crippen LogP contribution in [-0.4, -0.2) is 29.2 Å². The Labute approximate surface area is 83.7 Å². The molecule has 4 nitrogen and oxygen atoms in total. The van der Waals surface area contributed by atoms with Crippen molar-refractivity contribution in [2.75, 3.05) is 13.1 Å². The fourth-order valence-electron chi connectivity index (χ4n) is 1.58. The van der Waals surface area contributed by atoms with Gasteiger partial charge in [0, 0.05) is 11.8 Å². The van der Waals surface area contributed by atoms with E-state index < -0.39 is 0 Å². The number of nitrogens with one attached hydrogen (secondary N) is 1. The van der Waals surface area contributed by atoms with E-state index in [-0.39, 0.29) is 0 Å². The summed E-state index contributed by atoms with van der Waals surface area (Å²) in [6.07, 6.45) is 3.98. The molecule has 1 aromatic rings. The molecule has 76 valence electrons. The Morgan fingerprint density at radius 1 is 1.36 bits per heavy atom. The first-order chi connectivity index (χ1) is 6.84. The molecule has 1 aromatic heterocycles. The van der Waals surface area contributed by atoms with Crippen molar-refractivity contribution >= 4 is 0 Å². The van der Waals surface area contributed by atoms with Gasteiger partial charge in [0.05, 0.1) is 0 Å². The van der Waals surface area contributed by atoms with Gasteiger partial charge in [-0.25, -0.2) is 9.97 Å². The molecule has 4 heteroatoms. The average molecular weight is 193 g/mol. The molecule has 0 unspecified atom stereocenters. The maximum absolute atomic E-state index is 5.74. The second-order valence-electron chi connectivity index (χ2n) is 3.56. The van der Waals surface area contributed by atoms with Crippen molar-refractivity contribution in [2.24, 2.45) is 0 Å². The third-order valence-electron chi connectivity index (χ3n) is 2.35. The monoisotopic (exact) mass is 193 g/mol. The van der Waals surface area contributed by atoms with E-state index in [9.17, 15) is 0 Å². The van der Waals surface area contributed by atoms with Gasteiger partial charge in [-0.1, -0.05) is 0 Å². The van der Waals surface area contributed by atoms with E-state index in [0.29, 0.717) is 12.0 Å². The van der Waals surface area contributed by atoms with Crippen LogP contribution >= 0.6 is 0 Å². The lowest BCUT2D eigenvalue weighted by atomic mass is 10.1. The normalized spacial score (nSPS) is 18.1. The van der Waals surface area contributed by atoms with Crippen molar-refractivity contribution in [1.29, 1.82) is 0 Å². The lowest BCUT2D eigenvalue weighted by molar-refractivity contribution is 0.155. The van der Waals surface area contributed by atoms with Gasteiger partial charge in [-0.2, -0.15) is 0 Å². The van der Waals surface area contributed by atoms with E-state index in [1.165, 1.54) is 0 Å². The highest BCUT2D eigenvalue weighted by Crippen LogP contribution is 2.13. The van der Waals surface area contributed by atoms with Crippen LogP contribution in [0.4, 0.5) is 0 Å². The summed E-state index contributed by atoms with van der Waals surface area (Å²) in [7, 11) is 0. The number of hydrogen-bond donors (Lipinski definition) is 1. The predicted molar refractivity (Wildman–Crippen MR) is 53.3 cm³/mol. The molecule has 1 aliphatic rings. The first-order valence-electron chi connectivity index (χ1n) is 5.00. The molecule has 0 bridgehead atoms. The fraction of sp³-hybridized carbons (Fsp3) is 0.600. The van der Waals surface area contributed by atoms with Crippen molar-refractivity contribution < 1.29 is 4.74 Å². The van der Waals surface area contributed by atoms with E-state index in [2.05, 4.69) is 15.3 Å². The smallest absolute Gasteiger partial charge is 0.216 e. The summed E-state index contributed by atoms with van der Waals surface area (Å²) in [5.74, 6) is 0.699. The van der Waals surface area contributed by atoms with E-state index in [1.807, 2.05) is 13.0 Å². The molecule has 0 amide bonds. The van der Waals surface area contributed by atoms with Crippen molar-refractivity contribution in [3.63, 3.8) is 0 Å². The van der Waals surface area contributed by atoms with E-state index >= 15 is 0 Å². The lowest BCUT2D eigenvalue weighted by Crippen LogP contribution is -2.34. The van der Waals surface area contributed by atoms with Gasteiger partial charge < -0.3 is 10.1 Å². The number of piperidine rings is 1. The number of aromatic nitrogens is 2. The molecule has 0 aliphatic carbocycles. The predicted octanol–water partition coefficient (Wildman–Crippen LogP) is 0.916. The first kappa shape index (κ1) is 9.40. The molecule has 1 N–H and O–H groups in total. The summed E-state index contributed by atoms with van der Waals surface area (Å²) in [6, 6.07) is 1.88. The summed E-state index contributed by atoms with van der Waals surface area (Å²) < 4.78 is 5.74. The Balaban J connectivity index is 1.95. The molecular weight excluding hydrogens is 178 g/mol. The molecule has 1 aliphatic heterocycles. The van der Waals surface area contributed by atoms with Gasteiger partial charge >= 0.3 is 0 Å². The number of nitrogens with zero attached hydrogens (tertiary/aromatic N) is 2. The standard InChI is InChI=1S/C10H15N3O/c1-8-6-10(13-7-12-8)14-9-2-4-11-5-3-9/h6-7,9,11H,2-5H2,1H3. The molecule has 0 radical (unpaired) electrons. The molecule has 2 heterocycles. The van der Waals surface area contributed by atoms with Crippen LogP contribution in [0, 0.1) is 6.92 Å². The molecule has 0 spiro atoms.